The maximum atomic E-state index is 12.3. The van der Waals surface area contributed by atoms with Crippen molar-refractivity contribution in [3.63, 3.8) is 0 Å². The topological polar surface area (TPSA) is 59.8 Å². The number of amides is 1. The van der Waals surface area contributed by atoms with Crippen LogP contribution in [-0.4, -0.2) is 32.5 Å². The van der Waals surface area contributed by atoms with Crippen molar-refractivity contribution >= 4 is 17.7 Å². The van der Waals surface area contributed by atoms with E-state index in [1.54, 1.807) is 0 Å². The predicted molar refractivity (Wildman–Crippen MR) is 106 cm³/mol. The van der Waals surface area contributed by atoms with Crippen LogP contribution in [0.4, 0.5) is 0 Å². The summed E-state index contributed by atoms with van der Waals surface area (Å²) in [6.07, 6.45) is 15.1. The van der Waals surface area contributed by atoms with Crippen LogP contribution in [0.25, 0.3) is 0 Å². The van der Waals surface area contributed by atoms with Gasteiger partial charge in [-0.25, -0.2) is 0 Å². The Morgan fingerprint density at radius 3 is 2.38 bits per heavy atom. The average molecular weight is 379 g/mol. The van der Waals surface area contributed by atoms with Crippen LogP contribution in [-0.2, 0) is 17.8 Å². The summed E-state index contributed by atoms with van der Waals surface area (Å²) in [6.45, 7) is 3.02. The molecule has 146 valence electrons. The molecule has 5 nitrogen and oxygen atoms in total. The molecule has 1 amide bonds. The lowest BCUT2D eigenvalue weighted by Crippen LogP contribution is -2.35. The van der Waals surface area contributed by atoms with Crippen molar-refractivity contribution < 1.29 is 4.79 Å². The second-order valence-electron chi connectivity index (χ2n) is 7.90. The number of nitrogens with one attached hydrogen (secondary N) is 1. The molecule has 1 N–H and O–H groups in total. The largest absolute Gasteiger partial charge is 0.353 e. The second kappa shape index (κ2) is 10.3. The van der Waals surface area contributed by atoms with E-state index >= 15 is 0 Å². The van der Waals surface area contributed by atoms with Gasteiger partial charge in [-0.3, -0.25) is 4.79 Å². The van der Waals surface area contributed by atoms with Gasteiger partial charge in [-0.15, -0.1) is 10.2 Å². The fraction of sp³-hybridized carbons (Fsp3) is 0.850. The first kappa shape index (κ1) is 19.7. The molecule has 3 rings (SSSR count). The molecule has 2 aliphatic rings. The lowest BCUT2D eigenvalue weighted by molar-refractivity contribution is -0.119. The first-order valence-electron chi connectivity index (χ1n) is 10.6. The standard InChI is InChI=1S/C20H34N4OS/c1-2-24-18(14-16-10-6-5-7-11-16)22-23-20(24)26-15-19(25)21-17-12-8-3-4-9-13-17/h16-17H,2-15H2,1H3,(H,21,25). The summed E-state index contributed by atoms with van der Waals surface area (Å²) in [5.74, 6) is 2.44. The molecule has 2 fully saturated rings. The van der Waals surface area contributed by atoms with Gasteiger partial charge in [0, 0.05) is 19.0 Å². The fourth-order valence-corrected chi connectivity index (χ4v) is 5.20. The second-order valence-corrected chi connectivity index (χ2v) is 8.84. The van der Waals surface area contributed by atoms with Crippen LogP contribution in [0.15, 0.2) is 5.16 Å². The Hall–Kier alpha value is -1.04. The minimum Gasteiger partial charge on any atom is -0.353 e. The normalized spacial score (nSPS) is 20.0. The Labute approximate surface area is 162 Å². The van der Waals surface area contributed by atoms with Gasteiger partial charge in [0.05, 0.1) is 5.75 Å². The SMILES string of the molecule is CCn1c(CC2CCCCC2)nnc1SCC(=O)NC1CCCCCC1. The molecule has 0 radical (unpaired) electrons. The number of carbonyl (C=O) groups excluding carboxylic acids is 1. The minimum atomic E-state index is 0.140. The third-order valence-corrected chi connectivity index (χ3v) is 6.83. The molecule has 26 heavy (non-hydrogen) atoms. The van der Waals surface area contributed by atoms with Crippen LogP contribution in [0.5, 0.6) is 0 Å². The summed E-state index contributed by atoms with van der Waals surface area (Å²) in [5, 5.41) is 12.9. The highest BCUT2D eigenvalue weighted by atomic mass is 32.2. The van der Waals surface area contributed by atoms with Crippen molar-refractivity contribution in [2.45, 2.75) is 102 Å². The molecule has 6 heteroatoms. The predicted octanol–water partition coefficient (Wildman–Crippen LogP) is 4.35. The molecule has 1 aromatic heterocycles. The molecular formula is C20H34N4OS. The van der Waals surface area contributed by atoms with Crippen molar-refractivity contribution in [1.29, 1.82) is 0 Å². The average Bonchev–Trinajstić information content (AvgIpc) is 2.85. The fourth-order valence-electron chi connectivity index (χ4n) is 4.37. The molecule has 0 atom stereocenters. The van der Waals surface area contributed by atoms with Gasteiger partial charge in [0.25, 0.3) is 0 Å². The van der Waals surface area contributed by atoms with Gasteiger partial charge in [0.1, 0.15) is 5.82 Å². The Kier molecular flexibility index (Phi) is 7.84. The molecule has 2 aliphatic carbocycles. The first-order valence-corrected chi connectivity index (χ1v) is 11.6. The number of hydrogen-bond acceptors (Lipinski definition) is 4. The van der Waals surface area contributed by atoms with E-state index in [1.165, 1.54) is 69.5 Å². The summed E-state index contributed by atoms with van der Waals surface area (Å²) in [7, 11) is 0. The lowest BCUT2D eigenvalue weighted by Gasteiger charge is -2.21. The Balaban J connectivity index is 1.49. The number of aromatic nitrogens is 3. The van der Waals surface area contributed by atoms with Gasteiger partial charge in [-0.2, -0.15) is 0 Å². The molecule has 1 aromatic rings. The molecule has 0 unspecified atom stereocenters. The van der Waals surface area contributed by atoms with E-state index in [1.807, 2.05) is 0 Å². The molecule has 0 aliphatic heterocycles. The molecular weight excluding hydrogens is 344 g/mol. The molecule has 0 bridgehead atoms. The zero-order chi connectivity index (χ0) is 18.2. The summed E-state index contributed by atoms with van der Waals surface area (Å²) in [4.78, 5) is 12.3. The maximum absolute atomic E-state index is 12.3. The third kappa shape index (κ3) is 5.73. The molecule has 0 aromatic carbocycles. The van der Waals surface area contributed by atoms with Crippen molar-refractivity contribution in [3.05, 3.63) is 5.82 Å². The van der Waals surface area contributed by atoms with Gasteiger partial charge in [0.15, 0.2) is 5.16 Å². The van der Waals surface area contributed by atoms with E-state index in [9.17, 15) is 4.79 Å². The van der Waals surface area contributed by atoms with Crippen molar-refractivity contribution in [3.8, 4) is 0 Å². The van der Waals surface area contributed by atoms with Crippen LogP contribution >= 0.6 is 11.8 Å². The molecule has 2 saturated carbocycles. The van der Waals surface area contributed by atoms with E-state index in [-0.39, 0.29) is 5.91 Å². The van der Waals surface area contributed by atoms with Gasteiger partial charge < -0.3 is 9.88 Å². The summed E-state index contributed by atoms with van der Waals surface area (Å²) < 4.78 is 2.21. The summed E-state index contributed by atoms with van der Waals surface area (Å²) >= 11 is 1.53. The highest BCUT2D eigenvalue weighted by molar-refractivity contribution is 7.99. The number of hydrogen-bond donors (Lipinski definition) is 1. The van der Waals surface area contributed by atoms with Crippen LogP contribution in [0.3, 0.4) is 0 Å². The van der Waals surface area contributed by atoms with E-state index in [0.717, 1.165) is 42.7 Å². The molecule has 1 heterocycles. The highest BCUT2D eigenvalue weighted by Gasteiger charge is 2.20. The summed E-state index contributed by atoms with van der Waals surface area (Å²) in [5.41, 5.74) is 0. The van der Waals surface area contributed by atoms with Crippen LogP contribution in [0, 0.1) is 5.92 Å². The van der Waals surface area contributed by atoms with Gasteiger partial charge in [-0.1, -0.05) is 69.5 Å². The van der Waals surface area contributed by atoms with E-state index in [0.29, 0.717) is 11.8 Å². The summed E-state index contributed by atoms with van der Waals surface area (Å²) in [6, 6.07) is 0.372. The minimum absolute atomic E-state index is 0.140. The maximum Gasteiger partial charge on any atom is 0.230 e. The van der Waals surface area contributed by atoms with Gasteiger partial charge >= 0.3 is 0 Å². The highest BCUT2D eigenvalue weighted by Crippen LogP contribution is 2.27. The van der Waals surface area contributed by atoms with E-state index in [2.05, 4.69) is 27.0 Å². The van der Waals surface area contributed by atoms with Crippen LogP contribution < -0.4 is 5.32 Å². The lowest BCUT2D eigenvalue weighted by atomic mass is 9.87. The van der Waals surface area contributed by atoms with Gasteiger partial charge in [-0.05, 0) is 25.7 Å². The van der Waals surface area contributed by atoms with E-state index in [4.69, 9.17) is 0 Å². The Morgan fingerprint density at radius 2 is 1.69 bits per heavy atom. The molecule has 0 saturated heterocycles. The first-order chi connectivity index (χ1) is 12.8. The zero-order valence-corrected chi connectivity index (χ0v) is 17.0. The smallest absolute Gasteiger partial charge is 0.230 e. The van der Waals surface area contributed by atoms with Crippen LogP contribution in [0.1, 0.15) is 83.4 Å². The number of carbonyl (C=O) groups is 1. The van der Waals surface area contributed by atoms with Crippen molar-refractivity contribution in [1.82, 2.24) is 20.1 Å². The monoisotopic (exact) mass is 378 g/mol. The van der Waals surface area contributed by atoms with Gasteiger partial charge in [0.2, 0.25) is 5.91 Å². The van der Waals surface area contributed by atoms with Crippen molar-refractivity contribution in [2.75, 3.05) is 5.75 Å². The molecule has 0 spiro atoms. The quantitative estimate of drug-likeness (QED) is 0.566. The zero-order valence-electron chi connectivity index (χ0n) is 16.2. The van der Waals surface area contributed by atoms with Crippen LogP contribution in [0.2, 0.25) is 0 Å². The van der Waals surface area contributed by atoms with Crippen molar-refractivity contribution in [2.24, 2.45) is 5.92 Å². The number of thioether (sulfide) groups is 1. The van der Waals surface area contributed by atoms with E-state index < -0.39 is 0 Å². The third-order valence-electron chi connectivity index (χ3n) is 5.86. The number of nitrogens with zero attached hydrogens (tertiary/aromatic N) is 3. The number of rotatable bonds is 7. The Bertz CT molecular complexity index is 560. The Morgan fingerprint density at radius 1 is 1.04 bits per heavy atom.